The number of rotatable bonds is 3. The zero-order valence-corrected chi connectivity index (χ0v) is 10.9. The second-order valence-electron chi connectivity index (χ2n) is 4.87. The number of alkyl halides is 2. The molecule has 1 unspecified atom stereocenters. The second kappa shape index (κ2) is 5.63. The van der Waals surface area contributed by atoms with Crippen molar-refractivity contribution in [2.75, 3.05) is 6.54 Å². The molecule has 0 radical (unpaired) electrons. The van der Waals surface area contributed by atoms with Gasteiger partial charge in [0.25, 0.3) is 6.43 Å². The van der Waals surface area contributed by atoms with E-state index in [0.717, 1.165) is 25.2 Å². The second-order valence-corrected chi connectivity index (χ2v) is 4.87. The first-order valence-corrected chi connectivity index (χ1v) is 6.68. The minimum Gasteiger partial charge on any atom is -0.307 e. The molecule has 2 aromatic rings. The average Bonchev–Trinajstić information content (AvgIpc) is 3.02. The van der Waals surface area contributed by atoms with Crippen molar-refractivity contribution in [3.8, 4) is 11.1 Å². The summed E-state index contributed by atoms with van der Waals surface area (Å²) in [5.41, 5.74) is 1.14. The molecule has 20 heavy (non-hydrogen) atoms. The SMILES string of the molecule is FC(F)c1ccccc1-c1cnc(C2CCCN2)nc1. The van der Waals surface area contributed by atoms with Crippen LogP contribution in [0.5, 0.6) is 0 Å². The molecule has 1 atom stereocenters. The van der Waals surface area contributed by atoms with Crippen molar-refractivity contribution in [1.82, 2.24) is 15.3 Å². The Morgan fingerprint density at radius 3 is 2.55 bits per heavy atom. The molecular weight excluding hydrogens is 260 g/mol. The Morgan fingerprint density at radius 2 is 1.90 bits per heavy atom. The highest BCUT2D eigenvalue weighted by Crippen LogP contribution is 2.30. The fraction of sp³-hybridized carbons (Fsp3) is 0.333. The molecule has 1 aromatic carbocycles. The number of halogens is 2. The van der Waals surface area contributed by atoms with Gasteiger partial charge in [0.15, 0.2) is 0 Å². The van der Waals surface area contributed by atoms with Gasteiger partial charge in [0.2, 0.25) is 0 Å². The van der Waals surface area contributed by atoms with Gasteiger partial charge in [-0.3, -0.25) is 0 Å². The minimum atomic E-state index is -2.50. The Balaban J connectivity index is 1.91. The number of benzene rings is 1. The highest BCUT2D eigenvalue weighted by atomic mass is 19.3. The van der Waals surface area contributed by atoms with Crippen molar-refractivity contribution in [2.24, 2.45) is 0 Å². The normalized spacial score (nSPS) is 18.6. The van der Waals surface area contributed by atoms with Crippen LogP contribution in [0.15, 0.2) is 36.7 Å². The molecule has 0 aliphatic carbocycles. The first-order valence-electron chi connectivity index (χ1n) is 6.68. The Bertz CT molecular complexity index is 578. The number of hydrogen-bond acceptors (Lipinski definition) is 3. The van der Waals surface area contributed by atoms with E-state index < -0.39 is 6.43 Å². The molecule has 0 saturated carbocycles. The molecule has 1 aliphatic heterocycles. The van der Waals surface area contributed by atoms with Crippen LogP contribution in [0.3, 0.4) is 0 Å². The third kappa shape index (κ3) is 2.54. The van der Waals surface area contributed by atoms with E-state index in [9.17, 15) is 8.78 Å². The van der Waals surface area contributed by atoms with Gasteiger partial charge in [0.1, 0.15) is 5.82 Å². The summed E-state index contributed by atoms with van der Waals surface area (Å²) in [6.07, 6.45) is 2.90. The lowest BCUT2D eigenvalue weighted by molar-refractivity contribution is 0.152. The van der Waals surface area contributed by atoms with Crippen LogP contribution < -0.4 is 5.32 Å². The van der Waals surface area contributed by atoms with E-state index >= 15 is 0 Å². The van der Waals surface area contributed by atoms with Crippen LogP contribution in [0.1, 0.15) is 36.7 Å². The van der Waals surface area contributed by atoms with E-state index in [1.807, 2.05) is 0 Å². The predicted octanol–water partition coefficient (Wildman–Crippen LogP) is 3.51. The summed E-state index contributed by atoms with van der Waals surface area (Å²) in [4.78, 5) is 8.64. The summed E-state index contributed by atoms with van der Waals surface area (Å²) in [6, 6.07) is 6.66. The zero-order chi connectivity index (χ0) is 13.9. The summed E-state index contributed by atoms with van der Waals surface area (Å²) in [5, 5.41) is 3.32. The molecule has 1 N–H and O–H groups in total. The van der Waals surface area contributed by atoms with Crippen molar-refractivity contribution >= 4 is 0 Å². The highest BCUT2D eigenvalue weighted by molar-refractivity contribution is 5.66. The zero-order valence-electron chi connectivity index (χ0n) is 10.9. The standard InChI is InChI=1S/C15H15F2N3/c16-14(17)12-5-2-1-4-11(12)10-8-19-15(20-9-10)13-6-3-7-18-13/h1-2,4-5,8-9,13-14,18H,3,6-7H2. The lowest BCUT2D eigenvalue weighted by Gasteiger charge is -2.11. The monoisotopic (exact) mass is 275 g/mol. The highest BCUT2D eigenvalue weighted by Gasteiger charge is 2.19. The van der Waals surface area contributed by atoms with Crippen molar-refractivity contribution < 1.29 is 8.78 Å². The third-order valence-corrected chi connectivity index (χ3v) is 3.55. The van der Waals surface area contributed by atoms with Gasteiger partial charge in [-0.15, -0.1) is 0 Å². The molecule has 1 saturated heterocycles. The van der Waals surface area contributed by atoms with Crippen LogP contribution in [0.4, 0.5) is 8.78 Å². The van der Waals surface area contributed by atoms with E-state index in [0.29, 0.717) is 11.1 Å². The van der Waals surface area contributed by atoms with E-state index in [4.69, 9.17) is 0 Å². The minimum absolute atomic E-state index is 0.0165. The molecule has 0 spiro atoms. The fourth-order valence-corrected chi connectivity index (χ4v) is 2.51. The van der Waals surface area contributed by atoms with Gasteiger partial charge in [-0.1, -0.05) is 24.3 Å². The number of aromatic nitrogens is 2. The maximum atomic E-state index is 13.0. The summed E-state index contributed by atoms with van der Waals surface area (Å²) in [6.45, 7) is 0.976. The van der Waals surface area contributed by atoms with Crippen LogP contribution in [0, 0.1) is 0 Å². The Morgan fingerprint density at radius 1 is 1.15 bits per heavy atom. The van der Waals surface area contributed by atoms with E-state index in [-0.39, 0.29) is 11.6 Å². The number of hydrogen-bond donors (Lipinski definition) is 1. The van der Waals surface area contributed by atoms with Gasteiger partial charge >= 0.3 is 0 Å². The Kier molecular flexibility index (Phi) is 3.69. The van der Waals surface area contributed by atoms with E-state index in [2.05, 4.69) is 15.3 Å². The smallest absolute Gasteiger partial charge is 0.264 e. The molecule has 1 aliphatic rings. The maximum absolute atomic E-state index is 13.0. The van der Waals surface area contributed by atoms with Crippen LogP contribution in [-0.4, -0.2) is 16.5 Å². The van der Waals surface area contributed by atoms with Gasteiger partial charge < -0.3 is 5.32 Å². The number of nitrogens with zero attached hydrogens (tertiary/aromatic N) is 2. The van der Waals surface area contributed by atoms with E-state index in [1.165, 1.54) is 6.07 Å². The quantitative estimate of drug-likeness (QED) is 0.931. The molecular formula is C15H15F2N3. The van der Waals surface area contributed by atoms with Crippen LogP contribution in [-0.2, 0) is 0 Å². The van der Waals surface area contributed by atoms with Crippen molar-refractivity contribution in [1.29, 1.82) is 0 Å². The van der Waals surface area contributed by atoms with Crippen molar-refractivity contribution in [2.45, 2.75) is 25.3 Å². The first-order chi connectivity index (χ1) is 9.75. The fourth-order valence-electron chi connectivity index (χ4n) is 2.51. The van der Waals surface area contributed by atoms with Gasteiger partial charge in [-0.25, -0.2) is 18.7 Å². The van der Waals surface area contributed by atoms with Gasteiger partial charge in [-0.05, 0) is 24.9 Å². The van der Waals surface area contributed by atoms with Crippen LogP contribution in [0.2, 0.25) is 0 Å². The predicted molar refractivity (Wildman–Crippen MR) is 72.4 cm³/mol. The van der Waals surface area contributed by atoms with E-state index in [1.54, 1.807) is 30.6 Å². The molecule has 3 rings (SSSR count). The molecule has 0 amide bonds. The summed E-state index contributed by atoms with van der Waals surface area (Å²) in [7, 11) is 0. The average molecular weight is 275 g/mol. The molecule has 1 fully saturated rings. The summed E-state index contributed by atoms with van der Waals surface area (Å²) >= 11 is 0. The van der Waals surface area contributed by atoms with Crippen LogP contribution >= 0.6 is 0 Å². The van der Waals surface area contributed by atoms with Crippen molar-refractivity contribution in [3.63, 3.8) is 0 Å². The summed E-state index contributed by atoms with van der Waals surface area (Å²) in [5.74, 6) is 0.737. The van der Waals surface area contributed by atoms with Gasteiger partial charge in [-0.2, -0.15) is 0 Å². The lowest BCUT2D eigenvalue weighted by Crippen LogP contribution is -2.15. The number of nitrogens with one attached hydrogen (secondary N) is 1. The summed E-state index contributed by atoms with van der Waals surface area (Å²) < 4.78 is 26.0. The largest absolute Gasteiger partial charge is 0.307 e. The topological polar surface area (TPSA) is 37.8 Å². The van der Waals surface area contributed by atoms with Gasteiger partial charge in [0, 0.05) is 23.5 Å². The van der Waals surface area contributed by atoms with Gasteiger partial charge in [0.05, 0.1) is 6.04 Å². The lowest BCUT2D eigenvalue weighted by atomic mass is 10.0. The molecule has 5 heteroatoms. The maximum Gasteiger partial charge on any atom is 0.264 e. The third-order valence-electron chi connectivity index (χ3n) is 3.55. The Hall–Kier alpha value is -1.88. The molecule has 1 aromatic heterocycles. The molecule has 0 bridgehead atoms. The van der Waals surface area contributed by atoms with Crippen molar-refractivity contribution in [3.05, 3.63) is 48.0 Å². The van der Waals surface area contributed by atoms with Crippen LogP contribution in [0.25, 0.3) is 11.1 Å². The molecule has 2 heterocycles. The first kappa shape index (κ1) is 13.1. The molecule has 3 nitrogen and oxygen atoms in total. The Labute approximate surface area is 116 Å². The molecule has 104 valence electrons.